The fourth-order valence-corrected chi connectivity index (χ4v) is 4.21. The van der Waals surface area contributed by atoms with Crippen LogP contribution in [0.4, 0.5) is 0 Å². The smallest absolute Gasteiger partial charge is 0.306 e. The highest BCUT2D eigenvalue weighted by Crippen LogP contribution is 2.20. The molecule has 0 atom stereocenters. The van der Waals surface area contributed by atoms with E-state index in [1.54, 1.807) is 6.07 Å². The van der Waals surface area contributed by atoms with Gasteiger partial charge >= 0.3 is 5.69 Å². The number of Topliss-reactive ketones (excluding diaryl/α,β-unsaturated/α-hetero) is 1. The Hall–Kier alpha value is -1.97. The third kappa shape index (κ3) is 3.21. The van der Waals surface area contributed by atoms with E-state index in [1.165, 1.54) is 23.4 Å². The minimum atomic E-state index is -3.61. The van der Waals surface area contributed by atoms with Gasteiger partial charge in [0, 0.05) is 26.2 Å². The number of piperazine rings is 1. The van der Waals surface area contributed by atoms with Gasteiger partial charge in [-0.25, -0.2) is 13.2 Å². The normalized spacial score (nSPS) is 17.6. The van der Waals surface area contributed by atoms with Gasteiger partial charge in [-0.2, -0.15) is 4.31 Å². The van der Waals surface area contributed by atoms with Crippen LogP contribution in [-0.4, -0.2) is 66.1 Å². The summed E-state index contributed by atoms with van der Waals surface area (Å²) in [6.45, 7) is 3.62. The molecule has 2 heterocycles. The van der Waals surface area contributed by atoms with E-state index in [2.05, 4.69) is 9.97 Å². The van der Waals surface area contributed by atoms with Crippen LogP contribution in [0.2, 0.25) is 0 Å². The molecule has 1 saturated heterocycles. The lowest BCUT2D eigenvalue weighted by Crippen LogP contribution is -2.49. The standard InChI is InChI=1S/C14H18N4O4S/c1-10(19)9-17-4-6-18(7-5-17)23(21,22)11-2-3-12-13(8-11)16-14(20)15-12/h2-3,8H,4-7,9H2,1H3,(H2,15,16,20). The molecular formula is C14H18N4O4S. The quantitative estimate of drug-likeness (QED) is 0.800. The van der Waals surface area contributed by atoms with Gasteiger partial charge in [-0.3, -0.25) is 9.69 Å². The molecule has 1 aliphatic heterocycles. The zero-order chi connectivity index (χ0) is 16.6. The number of imidazole rings is 1. The summed E-state index contributed by atoms with van der Waals surface area (Å²) in [6, 6.07) is 4.53. The van der Waals surface area contributed by atoms with Gasteiger partial charge in [-0.1, -0.05) is 0 Å². The number of rotatable bonds is 4. The number of aromatic nitrogens is 2. The van der Waals surface area contributed by atoms with Crippen LogP contribution in [-0.2, 0) is 14.8 Å². The molecule has 0 radical (unpaired) electrons. The number of H-pyrrole nitrogens is 2. The number of carbonyl (C=O) groups excluding carboxylic acids is 1. The Morgan fingerprint density at radius 2 is 1.78 bits per heavy atom. The Morgan fingerprint density at radius 3 is 2.43 bits per heavy atom. The summed E-state index contributed by atoms with van der Waals surface area (Å²) in [5.74, 6) is 0.0724. The zero-order valence-electron chi connectivity index (χ0n) is 12.7. The predicted octanol–water partition coefficient (Wildman–Crippen LogP) is -0.248. The molecule has 0 aliphatic carbocycles. The molecule has 124 valence electrons. The number of hydrogen-bond acceptors (Lipinski definition) is 5. The zero-order valence-corrected chi connectivity index (χ0v) is 13.5. The second kappa shape index (κ2) is 5.91. The molecule has 23 heavy (non-hydrogen) atoms. The lowest BCUT2D eigenvalue weighted by molar-refractivity contribution is -0.118. The number of carbonyl (C=O) groups is 1. The monoisotopic (exact) mass is 338 g/mol. The van der Waals surface area contributed by atoms with Crippen molar-refractivity contribution in [3.8, 4) is 0 Å². The molecule has 1 aromatic heterocycles. The molecule has 1 aromatic carbocycles. The van der Waals surface area contributed by atoms with Gasteiger partial charge in [0.05, 0.1) is 22.5 Å². The van der Waals surface area contributed by atoms with Crippen molar-refractivity contribution in [2.24, 2.45) is 0 Å². The van der Waals surface area contributed by atoms with E-state index in [9.17, 15) is 18.0 Å². The van der Waals surface area contributed by atoms with E-state index in [4.69, 9.17) is 0 Å². The highest BCUT2D eigenvalue weighted by Gasteiger charge is 2.29. The summed E-state index contributed by atoms with van der Waals surface area (Å²) in [7, 11) is -3.61. The van der Waals surface area contributed by atoms with Crippen LogP contribution in [0.25, 0.3) is 11.0 Å². The topological polar surface area (TPSA) is 106 Å². The number of benzene rings is 1. The van der Waals surface area contributed by atoms with E-state index < -0.39 is 10.0 Å². The fourth-order valence-electron chi connectivity index (χ4n) is 2.76. The number of fused-ring (bicyclic) bond motifs is 1. The summed E-state index contributed by atoms with van der Waals surface area (Å²) in [6.07, 6.45) is 0. The molecule has 2 aromatic rings. The molecule has 0 amide bonds. The third-order valence-corrected chi connectivity index (χ3v) is 5.80. The molecule has 0 bridgehead atoms. The Bertz CT molecular complexity index is 891. The maximum Gasteiger partial charge on any atom is 0.323 e. The van der Waals surface area contributed by atoms with Gasteiger partial charge in [0.2, 0.25) is 10.0 Å². The van der Waals surface area contributed by atoms with E-state index in [-0.39, 0.29) is 16.4 Å². The van der Waals surface area contributed by atoms with Crippen LogP contribution in [0.3, 0.4) is 0 Å². The van der Waals surface area contributed by atoms with E-state index in [0.717, 1.165) is 0 Å². The van der Waals surface area contributed by atoms with E-state index in [0.29, 0.717) is 43.8 Å². The van der Waals surface area contributed by atoms with Crippen LogP contribution in [0.5, 0.6) is 0 Å². The molecule has 0 spiro atoms. The number of hydrogen-bond donors (Lipinski definition) is 2. The van der Waals surface area contributed by atoms with Gasteiger partial charge in [-0.05, 0) is 25.1 Å². The first-order valence-corrected chi connectivity index (χ1v) is 8.74. The van der Waals surface area contributed by atoms with Crippen molar-refractivity contribution >= 4 is 26.8 Å². The highest BCUT2D eigenvalue weighted by molar-refractivity contribution is 7.89. The molecule has 0 unspecified atom stereocenters. The molecule has 1 aliphatic rings. The van der Waals surface area contributed by atoms with Crippen molar-refractivity contribution in [3.63, 3.8) is 0 Å². The van der Waals surface area contributed by atoms with Crippen LogP contribution < -0.4 is 5.69 Å². The lowest BCUT2D eigenvalue weighted by atomic mass is 10.3. The molecule has 0 saturated carbocycles. The van der Waals surface area contributed by atoms with Gasteiger partial charge in [0.15, 0.2) is 0 Å². The summed E-state index contributed by atoms with van der Waals surface area (Å²) in [5, 5.41) is 0. The number of nitrogens with one attached hydrogen (secondary N) is 2. The van der Waals surface area contributed by atoms with Crippen molar-refractivity contribution in [1.82, 2.24) is 19.2 Å². The summed E-state index contributed by atoms with van der Waals surface area (Å²) < 4.78 is 26.8. The second-order valence-corrected chi connectivity index (χ2v) is 7.61. The number of ketones is 1. The highest BCUT2D eigenvalue weighted by atomic mass is 32.2. The van der Waals surface area contributed by atoms with E-state index in [1.807, 2.05) is 4.90 Å². The first-order valence-electron chi connectivity index (χ1n) is 7.30. The third-order valence-electron chi connectivity index (χ3n) is 3.90. The maximum absolute atomic E-state index is 12.7. The van der Waals surface area contributed by atoms with Crippen LogP contribution >= 0.6 is 0 Å². The molecule has 3 rings (SSSR count). The molecule has 1 fully saturated rings. The van der Waals surface area contributed by atoms with Crippen LogP contribution in [0.1, 0.15) is 6.92 Å². The minimum Gasteiger partial charge on any atom is -0.306 e. The SMILES string of the molecule is CC(=O)CN1CCN(S(=O)(=O)c2ccc3[nH]c(=O)[nH]c3c2)CC1. The lowest BCUT2D eigenvalue weighted by Gasteiger charge is -2.33. The first kappa shape index (κ1) is 15.9. The van der Waals surface area contributed by atoms with Crippen molar-refractivity contribution < 1.29 is 13.2 Å². The molecule has 8 nitrogen and oxygen atoms in total. The Balaban J connectivity index is 1.80. The summed E-state index contributed by atoms with van der Waals surface area (Å²) >= 11 is 0. The summed E-state index contributed by atoms with van der Waals surface area (Å²) in [4.78, 5) is 29.6. The predicted molar refractivity (Wildman–Crippen MR) is 84.8 cm³/mol. The number of sulfonamides is 1. The molecule has 2 N–H and O–H groups in total. The number of aromatic amines is 2. The van der Waals surface area contributed by atoms with Gasteiger partial charge < -0.3 is 9.97 Å². The van der Waals surface area contributed by atoms with Crippen molar-refractivity contribution in [2.75, 3.05) is 32.7 Å². The van der Waals surface area contributed by atoms with Crippen LogP contribution in [0, 0.1) is 0 Å². The average Bonchev–Trinajstić information content (AvgIpc) is 2.86. The van der Waals surface area contributed by atoms with Crippen molar-refractivity contribution in [3.05, 3.63) is 28.7 Å². The van der Waals surface area contributed by atoms with Crippen molar-refractivity contribution in [2.45, 2.75) is 11.8 Å². The Morgan fingerprint density at radius 1 is 1.13 bits per heavy atom. The Labute approximate surface area is 133 Å². The Kier molecular flexibility index (Phi) is 4.09. The maximum atomic E-state index is 12.7. The minimum absolute atomic E-state index is 0.0724. The fraction of sp³-hybridized carbons (Fsp3) is 0.429. The van der Waals surface area contributed by atoms with Crippen LogP contribution in [0.15, 0.2) is 27.9 Å². The largest absolute Gasteiger partial charge is 0.323 e. The number of nitrogens with zero attached hydrogens (tertiary/aromatic N) is 2. The summed E-state index contributed by atoms with van der Waals surface area (Å²) in [5.41, 5.74) is 0.666. The molecular weight excluding hydrogens is 320 g/mol. The average molecular weight is 338 g/mol. The first-order chi connectivity index (χ1) is 10.9. The van der Waals surface area contributed by atoms with Crippen molar-refractivity contribution in [1.29, 1.82) is 0 Å². The van der Waals surface area contributed by atoms with E-state index >= 15 is 0 Å². The van der Waals surface area contributed by atoms with Gasteiger partial charge in [0.25, 0.3) is 0 Å². The van der Waals surface area contributed by atoms with Gasteiger partial charge in [0.1, 0.15) is 5.78 Å². The van der Waals surface area contributed by atoms with Gasteiger partial charge in [-0.15, -0.1) is 0 Å². The molecule has 9 heteroatoms. The second-order valence-electron chi connectivity index (χ2n) is 5.67.